The molecule has 2 atom stereocenters. The molecule has 1 heterocycles. The summed E-state index contributed by atoms with van der Waals surface area (Å²) in [6, 6.07) is 13.9. The van der Waals surface area contributed by atoms with Crippen molar-refractivity contribution in [1.29, 1.82) is 0 Å². The van der Waals surface area contributed by atoms with Crippen molar-refractivity contribution < 1.29 is 23.8 Å². The monoisotopic (exact) mass is 417 g/mol. The molecule has 0 aromatic heterocycles. The molecule has 1 N–H and O–H groups in total. The van der Waals surface area contributed by atoms with Gasteiger partial charge in [-0.3, -0.25) is 4.79 Å². The Labute approximate surface area is 175 Å². The standard InChI is InChI=1S/C22H24ClNO5/c1-15(21(25)24-13-17-5-2-3-7-20(17)23)29-22(26)16-8-10-18(11-9-16)28-14-19-6-4-12-27-19/h2-3,5,7-11,15,19H,4,6,12-14H2,1H3,(H,24,25)/t15-,19+/m0/s1. The van der Waals surface area contributed by atoms with Gasteiger partial charge < -0.3 is 19.5 Å². The Morgan fingerprint density at radius 2 is 1.97 bits per heavy atom. The van der Waals surface area contributed by atoms with Gasteiger partial charge in [-0.1, -0.05) is 29.8 Å². The van der Waals surface area contributed by atoms with Crippen LogP contribution < -0.4 is 10.1 Å². The first-order valence-electron chi connectivity index (χ1n) is 9.59. The molecule has 3 rings (SSSR count). The summed E-state index contributed by atoms with van der Waals surface area (Å²) in [5.41, 5.74) is 1.14. The van der Waals surface area contributed by atoms with Gasteiger partial charge in [0.2, 0.25) is 0 Å². The summed E-state index contributed by atoms with van der Waals surface area (Å²) in [7, 11) is 0. The van der Waals surface area contributed by atoms with Crippen LogP contribution in [0.1, 0.15) is 35.7 Å². The normalized spacial score (nSPS) is 16.8. The van der Waals surface area contributed by atoms with Gasteiger partial charge in [0.25, 0.3) is 5.91 Å². The van der Waals surface area contributed by atoms with E-state index in [0.29, 0.717) is 22.9 Å². The minimum Gasteiger partial charge on any atom is -0.491 e. The summed E-state index contributed by atoms with van der Waals surface area (Å²) in [5, 5.41) is 3.29. The van der Waals surface area contributed by atoms with E-state index in [1.807, 2.05) is 18.2 Å². The predicted octanol–water partition coefficient (Wildman–Crippen LogP) is 3.76. The number of hydrogen-bond donors (Lipinski definition) is 1. The zero-order valence-corrected chi connectivity index (χ0v) is 17.0. The van der Waals surface area contributed by atoms with Crippen molar-refractivity contribution in [2.75, 3.05) is 13.2 Å². The average Bonchev–Trinajstić information content (AvgIpc) is 3.25. The van der Waals surface area contributed by atoms with Crippen molar-refractivity contribution in [3.8, 4) is 5.75 Å². The fourth-order valence-corrected chi connectivity index (χ4v) is 3.10. The van der Waals surface area contributed by atoms with Gasteiger partial charge in [0.15, 0.2) is 6.10 Å². The lowest BCUT2D eigenvalue weighted by atomic mass is 10.2. The van der Waals surface area contributed by atoms with Crippen molar-refractivity contribution in [1.82, 2.24) is 5.32 Å². The molecule has 2 aromatic carbocycles. The fraction of sp³-hybridized carbons (Fsp3) is 0.364. The number of nitrogens with one attached hydrogen (secondary N) is 1. The Balaban J connectivity index is 1.45. The highest BCUT2D eigenvalue weighted by atomic mass is 35.5. The number of halogens is 1. The van der Waals surface area contributed by atoms with E-state index in [1.165, 1.54) is 6.92 Å². The maximum atomic E-state index is 12.3. The van der Waals surface area contributed by atoms with Crippen molar-refractivity contribution in [3.63, 3.8) is 0 Å². The zero-order valence-electron chi connectivity index (χ0n) is 16.2. The van der Waals surface area contributed by atoms with E-state index in [0.717, 1.165) is 25.0 Å². The smallest absolute Gasteiger partial charge is 0.338 e. The van der Waals surface area contributed by atoms with Crippen LogP contribution >= 0.6 is 11.6 Å². The van der Waals surface area contributed by atoms with E-state index >= 15 is 0 Å². The second kappa shape index (κ2) is 10.3. The maximum absolute atomic E-state index is 12.3. The lowest BCUT2D eigenvalue weighted by molar-refractivity contribution is -0.129. The third-order valence-corrected chi connectivity index (χ3v) is 4.98. The Kier molecular flexibility index (Phi) is 7.49. The Morgan fingerprint density at radius 1 is 1.21 bits per heavy atom. The first-order valence-corrected chi connectivity index (χ1v) is 9.97. The van der Waals surface area contributed by atoms with Crippen LogP contribution in [-0.2, 0) is 20.8 Å². The summed E-state index contributed by atoms with van der Waals surface area (Å²) in [4.78, 5) is 24.5. The molecule has 154 valence electrons. The van der Waals surface area contributed by atoms with Crippen LogP contribution in [0.15, 0.2) is 48.5 Å². The predicted molar refractivity (Wildman–Crippen MR) is 109 cm³/mol. The SMILES string of the molecule is C[C@H](OC(=O)c1ccc(OC[C@H]2CCCO2)cc1)C(=O)NCc1ccccc1Cl. The molecule has 1 aliphatic heterocycles. The maximum Gasteiger partial charge on any atom is 0.338 e. The molecule has 1 aliphatic rings. The van der Waals surface area contributed by atoms with E-state index in [4.69, 9.17) is 25.8 Å². The largest absolute Gasteiger partial charge is 0.491 e. The van der Waals surface area contributed by atoms with Crippen LogP contribution in [0.3, 0.4) is 0 Å². The van der Waals surface area contributed by atoms with Gasteiger partial charge in [-0.05, 0) is 55.7 Å². The van der Waals surface area contributed by atoms with Crippen LogP contribution in [0.5, 0.6) is 5.75 Å². The molecule has 1 fully saturated rings. The molecule has 0 unspecified atom stereocenters. The van der Waals surface area contributed by atoms with Crippen LogP contribution in [-0.4, -0.2) is 37.3 Å². The molecule has 7 heteroatoms. The van der Waals surface area contributed by atoms with E-state index < -0.39 is 18.0 Å². The lowest BCUT2D eigenvalue weighted by Crippen LogP contribution is -2.35. The zero-order chi connectivity index (χ0) is 20.6. The van der Waals surface area contributed by atoms with Crippen LogP contribution in [0.25, 0.3) is 0 Å². The Bertz CT molecular complexity index is 833. The van der Waals surface area contributed by atoms with Crippen LogP contribution in [0.2, 0.25) is 5.02 Å². The van der Waals surface area contributed by atoms with Crippen LogP contribution in [0, 0.1) is 0 Å². The Morgan fingerprint density at radius 3 is 2.66 bits per heavy atom. The number of ether oxygens (including phenoxy) is 3. The molecule has 29 heavy (non-hydrogen) atoms. The van der Waals surface area contributed by atoms with E-state index in [1.54, 1.807) is 30.3 Å². The third-order valence-electron chi connectivity index (χ3n) is 4.61. The van der Waals surface area contributed by atoms with Gasteiger partial charge in [-0.2, -0.15) is 0 Å². The topological polar surface area (TPSA) is 73.9 Å². The second-order valence-electron chi connectivity index (χ2n) is 6.83. The highest BCUT2D eigenvalue weighted by molar-refractivity contribution is 6.31. The molecular weight excluding hydrogens is 394 g/mol. The van der Waals surface area contributed by atoms with Gasteiger partial charge in [0.1, 0.15) is 12.4 Å². The molecule has 1 saturated heterocycles. The van der Waals surface area contributed by atoms with Gasteiger partial charge >= 0.3 is 5.97 Å². The summed E-state index contributed by atoms with van der Waals surface area (Å²) < 4.78 is 16.4. The second-order valence-corrected chi connectivity index (χ2v) is 7.23. The summed E-state index contributed by atoms with van der Waals surface area (Å²) in [6.45, 7) is 3.06. The Hall–Kier alpha value is -2.57. The highest BCUT2D eigenvalue weighted by Gasteiger charge is 2.19. The molecule has 6 nitrogen and oxygen atoms in total. The molecule has 0 bridgehead atoms. The number of carbonyl (C=O) groups excluding carboxylic acids is 2. The number of benzene rings is 2. The molecule has 0 aliphatic carbocycles. The molecular formula is C22H24ClNO5. The van der Waals surface area contributed by atoms with Crippen LogP contribution in [0.4, 0.5) is 0 Å². The quantitative estimate of drug-likeness (QED) is 0.662. The minimum atomic E-state index is -0.930. The first-order chi connectivity index (χ1) is 14.0. The lowest BCUT2D eigenvalue weighted by Gasteiger charge is -2.14. The molecule has 1 amide bonds. The fourth-order valence-electron chi connectivity index (χ4n) is 2.90. The summed E-state index contributed by atoms with van der Waals surface area (Å²) in [6.07, 6.45) is 1.26. The molecule has 0 spiro atoms. The van der Waals surface area contributed by atoms with Gasteiger partial charge in [-0.15, -0.1) is 0 Å². The van der Waals surface area contributed by atoms with Crippen molar-refractivity contribution in [3.05, 3.63) is 64.7 Å². The molecule has 2 aromatic rings. The highest BCUT2D eigenvalue weighted by Crippen LogP contribution is 2.18. The van der Waals surface area contributed by atoms with Crippen molar-refractivity contribution >= 4 is 23.5 Å². The number of hydrogen-bond acceptors (Lipinski definition) is 5. The van der Waals surface area contributed by atoms with Gasteiger partial charge in [0, 0.05) is 18.2 Å². The first kappa shape index (κ1) is 21.1. The van der Waals surface area contributed by atoms with E-state index in [-0.39, 0.29) is 12.6 Å². The number of esters is 1. The third kappa shape index (κ3) is 6.21. The number of rotatable bonds is 8. The van der Waals surface area contributed by atoms with Crippen molar-refractivity contribution in [2.45, 2.75) is 38.5 Å². The van der Waals surface area contributed by atoms with Gasteiger partial charge in [0.05, 0.1) is 11.7 Å². The van der Waals surface area contributed by atoms with Gasteiger partial charge in [-0.25, -0.2) is 4.79 Å². The molecule has 0 saturated carbocycles. The van der Waals surface area contributed by atoms with E-state index in [2.05, 4.69) is 5.32 Å². The van der Waals surface area contributed by atoms with Crippen molar-refractivity contribution in [2.24, 2.45) is 0 Å². The number of amides is 1. The summed E-state index contributed by atoms with van der Waals surface area (Å²) >= 11 is 6.07. The minimum absolute atomic E-state index is 0.129. The summed E-state index contributed by atoms with van der Waals surface area (Å²) in [5.74, 6) is -0.312. The average molecular weight is 418 g/mol. The number of carbonyl (C=O) groups is 2. The van der Waals surface area contributed by atoms with E-state index in [9.17, 15) is 9.59 Å². The molecule has 0 radical (unpaired) electrons.